The first-order valence-corrected chi connectivity index (χ1v) is 6.57. The molecule has 0 aliphatic heterocycles. The van der Waals surface area contributed by atoms with E-state index in [9.17, 15) is 9.90 Å². The molecule has 18 heavy (non-hydrogen) atoms. The number of nitrogens with zero attached hydrogens (tertiary/aromatic N) is 1. The first-order chi connectivity index (χ1) is 8.50. The predicted molar refractivity (Wildman–Crippen MR) is 71.9 cm³/mol. The predicted octanol–water partition coefficient (Wildman–Crippen LogP) is 2.49. The minimum atomic E-state index is -0.414. The Bertz CT molecular complexity index is 457. The van der Waals surface area contributed by atoms with Crippen LogP contribution < -0.4 is 0 Å². The molecule has 0 heterocycles. The van der Waals surface area contributed by atoms with E-state index in [1.807, 2.05) is 19.1 Å². The summed E-state index contributed by atoms with van der Waals surface area (Å²) in [6.45, 7) is 2.24. The molecule has 1 aliphatic rings. The summed E-state index contributed by atoms with van der Waals surface area (Å²) in [5.41, 5.74) is 1.39. The molecule has 1 N–H and O–H groups in total. The van der Waals surface area contributed by atoms with Gasteiger partial charge in [0, 0.05) is 13.6 Å². The molecule has 0 aromatic heterocycles. The molecule has 0 spiro atoms. The van der Waals surface area contributed by atoms with E-state index < -0.39 is 6.10 Å². The third-order valence-electron chi connectivity index (χ3n) is 3.40. The summed E-state index contributed by atoms with van der Waals surface area (Å²) in [5.74, 6) is 0.233. The topological polar surface area (TPSA) is 40.5 Å². The van der Waals surface area contributed by atoms with Gasteiger partial charge < -0.3 is 10.0 Å². The van der Waals surface area contributed by atoms with E-state index >= 15 is 0 Å². The fourth-order valence-corrected chi connectivity index (χ4v) is 2.22. The number of hydrogen-bond acceptors (Lipinski definition) is 2. The standard InChI is InChI=1S/C14H18ClNO2/c1-9-4-3-5-11(13(9)15)14(18)16(2)8-12(17)10-6-7-10/h3-5,10,12,17H,6-8H2,1-2H3. The molecular weight excluding hydrogens is 250 g/mol. The third-order valence-corrected chi connectivity index (χ3v) is 3.90. The molecule has 1 fully saturated rings. The Kier molecular flexibility index (Phi) is 3.93. The van der Waals surface area contributed by atoms with E-state index in [1.165, 1.54) is 0 Å². The van der Waals surface area contributed by atoms with Crippen molar-refractivity contribution in [2.24, 2.45) is 5.92 Å². The summed E-state index contributed by atoms with van der Waals surface area (Å²) in [6.07, 6.45) is 1.71. The number of aliphatic hydroxyl groups is 1. The number of rotatable bonds is 4. The van der Waals surface area contributed by atoms with Gasteiger partial charge in [0.2, 0.25) is 0 Å². The molecule has 1 unspecified atom stereocenters. The van der Waals surface area contributed by atoms with Crippen molar-refractivity contribution in [3.8, 4) is 0 Å². The van der Waals surface area contributed by atoms with E-state index in [4.69, 9.17) is 11.6 Å². The van der Waals surface area contributed by atoms with Crippen molar-refractivity contribution >= 4 is 17.5 Å². The fourth-order valence-electron chi connectivity index (χ4n) is 2.01. The zero-order chi connectivity index (χ0) is 13.3. The lowest BCUT2D eigenvalue weighted by Gasteiger charge is -2.21. The number of carbonyl (C=O) groups excluding carboxylic acids is 1. The highest BCUT2D eigenvalue weighted by Gasteiger charge is 2.31. The van der Waals surface area contributed by atoms with Gasteiger partial charge in [0.1, 0.15) is 0 Å². The molecule has 2 rings (SSSR count). The molecule has 0 saturated heterocycles. The van der Waals surface area contributed by atoms with Gasteiger partial charge in [-0.15, -0.1) is 0 Å². The Morgan fingerprint density at radius 2 is 2.22 bits per heavy atom. The third kappa shape index (κ3) is 2.85. The number of benzene rings is 1. The number of carbonyl (C=O) groups is 1. The smallest absolute Gasteiger partial charge is 0.255 e. The van der Waals surface area contributed by atoms with E-state index in [-0.39, 0.29) is 5.91 Å². The number of halogens is 1. The summed E-state index contributed by atoms with van der Waals surface area (Å²) < 4.78 is 0. The van der Waals surface area contributed by atoms with E-state index in [0.29, 0.717) is 23.0 Å². The van der Waals surface area contributed by atoms with Crippen LogP contribution in [0, 0.1) is 12.8 Å². The van der Waals surface area contributed by atoms with Crippen LogP contribution in [0.4, 0.5) is 0 Å². The quantitative estimate of drug-likeness (QED) is 0.911. The summed E-state index contributed by atoms with van der Waals surface area (Å²) in [7, 11) is 1.70. The van der Waals surface area contributed by atoms with Gasteiger partial charge in [-0.25, -0.2) is 0 Å². The number of aryl methyl sites for hydroxylation is 1. The Balaban J connectivity index is 2.07. The van der Waals surface area contributed by atoms with Crippen molar-refractivity contribution in [1.82, 2.24) is 4.90 Å². The average Bonchev–Trinajstić information content (AvgIpc) is 3.15. The van der Waals surface area contributed by atoms with Crippen molar-refractivity contribution < 1.29 is 9.90 Å². The maximum absolute atomic E-state index is 12.2. The maximum Gasteiger partial charge on any atom is 0.255 e. The number of amides is 1. The summed E-state index contributed by atoms with van der Waals surface area (Å²) in [5, 5.41) is 10.3. The monoisotopic (exact) mass is 267 g/mol. The maximum atomic E-state index is 12.2. The van der Waals surface area contributed by atoms with Gasteiger partial charge in [0.05, 0.1) is 16.7 Å². The van der Waals surface area contributed by atoms with Crippen molar-refractivity contribution in [1.29, 1.82) is 0 Å². The first-order valence-electron chi connectivity index (χ1n) is 6.19. The summed E-state index contributed by atoms with van der Waals surface area (Å²) in [4.78, 5) is 13.8. The normalized spacial score (nSPS) is 16.4. The summed E-state index contributed by atoms with van der Waals surface area (Å²) >= 11 is 6.13. The fraction of sp³-hybridized carbons (Fsp3) is 0.500. The molecule has 1 aliphatic carbocycles. The molecular formula is C14H18ClNO2. The van der Waals surface area contributed by atoms with Crippen LogP contribution in [0.2, 0.25) is 5.02 Å². The second-order valence-electron chi connectivity index (χ2n) is 5.03. The highest BCUT2D eigenvalue weighted by molar-refractivity contribution is 6.34. The van der Waals surface area contributed by atoms with Gasteiger partial charge in [0.15, 0.2) is 0 Å². The van der Waals surface area contributed by atoms with Crippen LogP contribution in [0.5, 0.6) is 0 Å². The molecule has 1 amide bonds. The van der Waals surface area contributed by atoms with Crippen LogP contribution in [-0.2, 0) is 0 Å². The van der Waals surface area contributed by atoms with Crippen LogP contribution in [0.1, 0.15) is 28.8 Å². The van der Waals surface area contributed by atoms with Gasteiger partial charge >= 0.3 is 0 Å². The van der Waals surface area contributed by atoms with Gasteiger partial charge in [-0.1, -0.05) is 23.7 Å². The lowest BCUT2D eigenvalue weighted by molar-refractivity contribution is 0.0645. The van der Waals surface area contributed by atoms with E-state index in [0.717, 1.165) is 18.4 Å². The first kappa shape index (κ1) is 13.4. The van der Waals surface area contributed by atoms with Crippen molar-refractivity contribution in [2.75, 3.05) is 13.6 Å². The second-order valence-corrected chi connectivity index (χ2v) is 5.40. The second kappa shape index (κ2) is 5.29. The zero-order valence-corrected chi connectivity index (χ0v) is 11.4. The van der Waals surface area contributed by atoms with E-state index in [1.54, 1.807) is 18.0 Å². The average molecular weight is 268 g/mol. The molecule has 1 atom stereocenters. The van der Waals surface area contributed by atoms with Crippen molar-refractivity contribution in [3.05, 3.63) is 34.3 Å². The Morgan fingerprint density at radius 1 is 1.56 bits per heavy atom. The Labute approximate surface area is 112 Å². The van der Waals surface area contributed by atoms with Gasteiger partial charge in [-0.2, -0.15) is 0 Å². The van der Waals surface area contributed by atoms with E-state index in [2.05, 4.69) is 0 Å². The SMILES string of the molecule is Cc1cccc(C(=O)N(C)CC(O)C2CC2)c1Cl. The van der Waals surface area contributed by atoms with Crippen LogP contribution >= 0.6 is 11.6 Å². The minimum Gasteiger partial charge on any atom is -0.391 e. The Morgan fingerprint density at radius 3 is 2.83 bits per heavy atom. The minimum absolute atomic E-state index is 0.136. The largest absolute Gasteiger partial charge is 0.391 e. The molecule has 1 saturated carbocycles. The van der Waals surface area contributed by atoms with Crippen molar-refractivity contribution in [2.45, 2.75) is 25.9 Å². The Hall–Kier alpha value is -1.06. The number of likely N-dealkylation sites (N-methyl/N-ethyl adjacent to an activating group) is 1. The molecule has 1 aromatic rings. The highest BCUT2D eigenvalue weighted by Crippen LogP contribution is 2.33. The van der Waals surface area contributed by atoms with Crippen LogP contribution in [0.25, 0.3) is 0 Å². The molecule has 1 aromatic carbocycles. The zero-order valence-electron chi connectivity index (χ0n) is 10.7. The van der Waals surface area contributed by atoms with Crippen LogP contribution in [0.3, 0.4) is 0 Å². The van der Waals surface area contributed by atoms with Gasteiger partial charge in [-0.3, -0.25) is 4.79 Å². The van der Waals surface area contributed by atoms with Gasteiger partial charge in [-0.05, 0) is 37.3 Å². The van der Waals surface area contributed by atoms with Crippen LogP contribution in [0.15, 0.2) is 18.2 Å². The lowest BCUT2D eigenvalue weighted by Crippen LogP contribution is -2.35. The number of hydrogen-bond donors (Lipinski definition) is 1. The molecule has 4 heteroatoms. The highest BCUT2D eigenvalue weighted by atomic mass is 35.5. The molecule has 98 valence electrons. The van der Waals surface area contributed by atoms with Crippen LogP contribution in [-0.4, -0.2) is 35.6 Å². The number of aliphatic hydroxyl groups excluding tert-OH is 1. The van der Waals surface area contributed by atoms with Crippen molar-refractivity contribution in [3.63, 3.8) is 0 Å². The van der Waals surface area contributed by atoms with Gasteiger partial charge in [0.25, 0.3) is 5.91 Å². The molecule has 3 nitrogen and oxygen atoms in total. The summed E-state index contributed by atoms with van der Waals surface area (Å²) in [6, 6.07) is 5.41. The lowest BCUT2D eigenvalue weighted by atomic mass is 10.1. The molecule has 0 bridgehead atoms. The molecule has 0 radical (unpaired) electrons.